The van der Waals surface area contributed by atoms with Crippen molar-refractivity contribution in [3.8, 4) is 0 Å². The van der Waals surface area contributed by atoms with Gasteiger partial charge >= 0.3 is 0 Å². The average Bonchev–Trinajstić information content (AvgIpc) is 2.49. The van der Waals surface area contributed by atoms with Crippen molar-refractivity contribution in [2.75, 3.05) is 72.1 Å². The van der Waals surface area contributed by atoms with Gasteiger partial charge in [-0.25, -0.2) is 0 Å². The number of carbonyl (C=O) groups is 2. The number of hydrogen-bond donors (Lipinski definition) is 1. The van der Waals surface area contributed by atoms with Crippen molar-refractivity contribution in [1.82, 2.24) is 20.0 Å². The summed E-state index contributed by atoms with van der Waals surface area (Å²) >= 11 is 0. The van der Waals surface area contributed by atoms with Crippen molar-refractivity contribution in [1.29, 1.82) is 0 Å². The van der Waals surface area contributed by atoms with Crippen molar-refractivity contribution in [3.63, 3.8) is 0 Å². The summed E-state index contributed by atoms with van der Waals surface area (Å²) in [5.41, 5.74) is 0. The zero-order chi connectivity index (χ0) is 15.1. The highest BCUT2D eigenvalue weighted by molar-refractivity contribution is 5.78. The molecule has 0 spiro atoms. The van der Waals surface area contributed by atoms with Crippen LogP contribution in [0.3, 0.4) is 0 Å². The van der Waals surface area contributed by atoms with Crippen LogP contribution >= 0.6 is 0 Å². The predicted molar refractivity (Wildman–Crippen MR) is 79.0 cm³/mol. The molecular formula is C14H26N4O3. The molecule has 0 aromatic heterocycles. The number of nitrogens with zero attached hydrogens (tertiary/aromatic N) is 3. The normalized spacial score (nSPS) is 21.3. The Labute approximate surface area is 126 Å². The number of carbonyl (C=O) groups excluding carboxylic acids is 2. The first-order valence-electron chi connectivity index (χ1n) is 7.70. The second kappa shape index (κ2) is 8.31. The summed E-state index contributed by atoms with van der Waals surface area (Å²) in [7, 11) is 0. The third-order valence-corrected chi connectivity index (χ3v) is 4.04. The van der Waals surface area contributed by atoms with Gasteiger partial charge in [0.1, 0.15) is 0 Å². The third-order valence-electron chi connectivity index (χ3n) is 4.04. The summed E-state index contributed by atoms with van der Waals surface area (Å²) in [6.07, 6.45) is 0. The molecule has 2 heterocycles. The van der Waals surface area contributed by atoms with Gasteiger partial charge in [-0.3, -0.25) is 19.4 Å². The molecule has 7 nitrogen and oxygen atoms in total. The molecule has 2 amide bonds. The molecule has 0 bridgehead atoms. The number of hydrogen-bond acceptors (Lipinski definition) is 5. The Hall–Kier alpha value is -1.18. The first kappa shape index (κ1) is 16.2. The molecule has 2 rings (SSSR count). The lowest BCUT2D eigenvalue weighted by atomic mass is 10.3. The SMILES string of the molecule is CC(=O)N1CCN(CC(=O)NCCN2CCOCC2)CC1. The smallest absolute Gasteiger partial charge is 0.234 e. The van der Waals surface area contributed by atoms with Crippen molar-refractivity contribution < 1.29 is 14.3 Å². The van der Waals surface area contributed by atoms with Crippen LogP contribution in [-0.2, 0) is 14.3 Å². The second-order valence-electron chi connectivity index (χ2n) is 5.59. The van der Waals surface area contributed by atoms with Gasteiger partial charge < -0.3 is 15.0 Å². The van der Waals surface area contributed by atoms with E-state index in [-0.39, 0.29) is 11.8 Å². The molecule has 120 valence electrons. The topological polar surface area (TPSA) is 65.1 Å². The van der Waals surface area contributed by atoms with Crippen molar-refractivity contribution in [2.45, 2.75) is 6.92 Å². The van der Waals surface area contributed by atoms with Gasteiger partial charge in [-0.15, -0.1) is 0 Å². The van der Waals surface area contributed by atoms with Crippen LogP contribution in [0.2, 0.25) is 0 Å². The molecule has 21 heavy (non-hydrogen) atoms. The maximum absolute atomic E-state index is 11.9. The monoisotopic (exact) mass is 298 g/mol. The first-order chi connectivity index (χ1) is 10.1. The number of morpholine rings is 1. The molecule has 1 N–H and O–H groups in total. The van der Waals surface area contributed by atoms with Crippen LogP contribution < -0.4 is 5.32 Å². The highest BCUT2D eigenvalue weighted by Crippen LogP contribution is 2.01. The fourth-order valence-corrected chi connectivity index (χ4v) is 2.66. The molecule has 0 aliphatic carbocycles. The summed E-state index contributed by atoms with van der Waals surface area (Å²) in [4.78, 5) is 29.4. The van der Waals surface area contributed by atoms with E-state index < -0.39 is 0 Å². The standard InChI is InChI=1S/C14H26N4O3/c1-13(19)18-6-4-17(5-7-18)12-14(20)15-2-3-16-8-10-21-11-9-16/h2-12H2,1H3,(H,15,20). The number of piperazine rings is 1. The van der Waals surface area contributed by atoms with Crippen molar-refractivity contribution in [3.05, 3.63) is 0 Å². The molecule has 2 aliphatic rings. The van der Waals surface area contributed by atoms with E-state index in [1.807, 2.05) is 4.90 Å². The fraction of sp³-hybridized carbons (Fsp3) is 0.857. The molecule has 0 aromatic carbocycles. The zero-order valence-corrected chi connectivity index (χ0v) is 12.8. The maximum atomic E-state index is 11.9. The summed E-state index contributed by atoms with van der Waals surface area (Å²) in [5.74, 6) is 0.184. The fourth-order valence-electron chi connectivity index (χ4n) is 2.66. The second-order valence-corrected chi connectivity index (χ2v) is 5.59. The van der Waals surface area contributed by atoms with Gasteiger partial charge in [0.15, 0.2) is 0 Å². The van der Waals surface area contributed by atoms with E-state index in [0.29, 0.717) is 13.1 Å². The highest BCUT2D eigenvalue weighted by atomic mass is 16.5. The highest BCUT2D eigenvalue weighted by Gasteiger charge is 2.20. The van der Waals surface area contributed by atoms with Gasteiger partial charge in [-0.2, -0.15) is 0 Å². The van der Waals surface area contributed by atoms with E-state index in [1.165, 1.54) is 0 Å². The molecule has 0 radical (unpaired) electrons. The molecule has 0 saturated carbocycles. The minimum absolute atomic E-state index is 0.0690. The Kier molecular flexibility index (Phi) is 6.41. The lowest BCUT2D eigenvalue weighted by molar-refractivity contribution is -0.131. The quantitative estimate of drug-likeness (QED) is 0.676. The Morgan fingerprint density at radius 1 is 1.00 bits per heavy atom. The van der Waals surface area contributed by atoms with Gasteiger partial charge in [0, 0.05) is 59.3 Å². The number of nitrogens with one attached hydrogen (secondary N) is 1. The van der Waals surface area contributed by atoms with Crippen LogP contribution in [0.1, 0.15) is 6.92 Å². The van der Waals surface area contributed by atoms with E-state index in [0.717, 1.165) is 59.0 Å². The number of amides is 2. The minimum atomic E-state index is 0.0690. The summed E-state index contributed by atoms with van der Waals surface area (Å²) in [5, 5.41) is 2.97. The van der Waals surface area contributed by atoms with E-state index in [1.54, 1.807) is 6.92 Å². The van der Waals surface area contributed by atoms with E-state index in [4.69, 9.17) is 4.74 Å². The lowest BCUT2D eigenvalue weighted by Crippen LogP contribution is -2.51. The van der Waals surface area contributed by atoms with Crippen LogP contribution in [0.4, 0.5) is 0 Å². The van der Waals surface area contributed by atoms with Crippen molar-refractivity contribution in [2.24, 2.45) is 0 Å². The van der Waals surface area contributed by atoms with E-state index in [2.05, 4.69) is 15.1 Å². The molecule has 2 fully saturated rings. The average molecular weight is 298 g/mol. The molecule has 0 unspecified atom stereocenters. The van der Waals surface area contributed by atoms with Gasteiger partial charge in [-0.05, 0) is 0 Å². The Balaban J connectivity index is 1.56. The van der Waals surface area contributed by atoms with Gasteiger partial charge in [0.25, 0.3) is 0 Å². The van der Waals surface area contributed by atoms with Gasteiger partial charge in [0.2, 0.25) is 11.8 Å². The molecule has 2 saturated heterocycles. The first-order valence-corrected chi connectivity index (χ1v) is 7.70. The summed E-state index contributed by atoms with van der Waals surface area (Å²) in [6.45, 7) is 10.0. The molecule has 2 aliphatic heterocycles. The predicted octanol–water partition coefficient (Wildman–Crippen LogP) is -1.40. The Bertz CT molecular complexity index is 350. The van der Waals surface area contributed by atoms with Gasteiger partial charge in [0.05, 0.1) is 19.8 Å². The van der Waals surface area contributed by atoms with Crippen LogP contribution in [0, 0.1) is 0 Å². The van der Waals surface area contributed by atoms with Crippen LogP contribution in [0.5, 0.6) is 0 Å². The Morgan fingerprint density at radius 2 is 1.67 bits per heavy atom. The van der Waals surface area contributed by atoms with Gasteiger partial charge in [-0.1, -0.05) is 0 Å². The number of ether oxygens (including phenoxy) is 1. The zero-order valence-electron chi connectivity index (χ0n) is 12.8. The Morgan fingerprint density at radius 3 is 2.29 bits per heavy atom. The lowest BCUT2D eigenvalue weighted by Gasteiger charge is -2.33. The van der Waals surface area contributed by atoms with E-state index in [9.17, 15) is 9.59 Å². The minimum Gasteiger partial charge on any atom is -0.379 e. The molecule has 0 aromatic rings. The van der Waals surface area contributed by atoms with Crippen LogP contribution in [0.15, 0.2) is 0 Å². The molecule has 0 atom stereocenters. The maximum Gasteiger partial charge on any atom is 0.234 e. The summed E-state index contributed by atoms with van der Waals surface area (Å²) < 4.78 is 5.29. The van der Waals surface area contributed by atoms with Crippen LogP contribution in [-0.4, -0.2) is 98.6 Å². The van der Waals surface area contributed by atoms with Crippen LogP contribution in [0.25, 0.3) is 0 Å². The summed E-state index contributed by atoms with van der Waals surface area (Å²) in [6, 6.07) is 0. The molecule has 7 heteroatoms. The van der Waals surface area contributed by atoms with E-state index >= 15 is 0 Å². The van der Waals surface area contributed by atoms with Crippen molar-refractivity contribution >= 4 is 11.8 Å². The number of rotatable bonds is 5. The third kappa shape index (κ3) is 5.61. The largest absolute Gasteiger partial charge is 0.379 e. The molecular weight excluding hydrogens is 272 g/mol.